The number of carbonyl (C=O) groups excluding carboxylic acids is 1. The van der Waals surface area contributed by atoms with Crippen LogP contribution in [0.2, 0.25) is 0 Å². The predicted molar refractivity (Wildman–Crippen MR) is 109 cm³/mol. The Morgan fingerprint density at radius 2 is 1.64 bits per heavy atom. The molecule has 1 fully saturated rings. The van der Waals surface area contributed by atoms with E-state index in [1.807, 2.05) is 0 Å². The van der Waals surface area contributed by atoms with Crippen molar-refractivity contribution in [3.8, 4) is 0 Å². The van der Waals surface area contributed by atoms with E-state index in [4.69, 9.17) is 0 Å². The molecule has 0 unspecified atom stereocenters. The highest BCUT2D eigenvalue weighted by molar-refractivity contribution is 5.68. The van der Waals surface area contributed by atoms with Gasteiger partial charge >= 0.3 is 0 Å². The average Bonchev–Trinajstić information content (AvgIpc) is 2.77. The maximum atomic E-state index is 10.9. The molecular weight excluding hydrogens is 304 g/mol. The van der Waals surface area contributed by atoms with Gasteiger partial charge in [-0.25, -0.2) is 0 Å². The van der Waals surface area contributed by atoms with Crippen molar-refractivity contribution in [3.63, 3.8) is 0 Å². The van der Waals surface area contributed by atoms with Crippen LogP contribution >= 0.6 is 0 Å². The largest absolute Gasteiger partial charge is 0.299 e. The second kappa shape index (κ2) is 9.17. The van der Waals surface area contributed by atoms with Crippen molar-refractivity contribution >= 4 is 6.29 Å². The summed E-state index contributed by atoms with van der Waals surface area (Å²) in [6.07, 6.45) is 21.3. The Morgan fingerprint density at radius 1 is 0.960 bits per heavy atom. The third-order valence-corrected chi connectivity index (χ3v) is 5.68. The molecular formula is C24H34O. The lowest BCUT2D eigenvalue weighted by Gasteiger charge is -2.32. The fourth-order valence-corrected chi connectivity index (χ4v) is 4.10. The Balaban J connectivity index is 2.17. The minimum Gasteiger partial charge on any atom is -0.299 e. The summed E-state index contributed by atoms with van der Waals surface area (Å²) in [4.78, 5) is 10.9. The minimum absolute atomic E-state index is 0.290. The quantitative estimate of drug-likeness (QED) is 0.233. The molecule has 1 saturated carbocycles. The van der Waals surface area contributed by atoms with E-state index in [1.54, 1.807) is 11.6 Å². The molecule has 1 heteroatoms. The topological polar surface area (TPSA) is 17.1 Å². The molecule has 0 bridgehead atoms. The monoisotopic (exact) mass is 338 g/mol. The van der Waals surface area contributed by atoms with Crippen LogP contribution in [0.5, 0.6) is 0 Å². The first-order valence-electron chi connectivity index (χ1n) is 9.84. The van der Waals surface area contributed by atoms with Crippen LogP contribution in [0.3, 0.4) is 0 Å². The molecule has 2 aliphatic carbocycles. The summed E-state index contributed by atoms with van der Waals surface area (Å²) >= 11 is 0. The number of hydrogen-bond donors (Lipinski definition) is 0. The van der Waals surface area contributed by atoms with E-state index in [2.05, 4.69) is 52.0 Å². The predicted octanol–water partition coefficient (Wildman–Crippen LogP) is 7.03. The molecule has 0 atom stereocenters. The van der Waals surface area contributed by atoms with Gasteiger partial charge in [0.05, 0.1) is 0 Å². The molecule has 0 radical (unpaired) electrons. The summed E-state index contributed by atoms with van der Waals surface area (Å²) in [6.45, 7) is 9.17. The van der Waals surface area contributed by atoms with E-state index >= 15 is 0 Å². The second-order valence-electron chi connectivity index (χ2n) is 8.26. The van der Waals surface area contributed by atoms with Gasteiger partial charge in [0.1, 0.15) is 6.29 Å². The lowest BCUT2D eigenvalue weighted by molar-refractivity contribution is -0.104. The van der Waals surface area contributed by atoms with Crippen molar-refractivity contribution in [1.82, 2.24) is 0 Å². The van der Waals surface area contributed by atoms with Crippen molar-refractivity contribution < 1.29 is 4.79 Å². The zero-order valence-corrected chi connectivity index (χ0v) is 16.5. The smallest absolute Gasteiger partial charge is 0.143 e. The fraction of sp³-hybridized carbons (Fsp3) is 0.542. The normalized spacial score (nSPS) is 25.7. The van der Waals surface area contributed by atoms with Crippen LogP contribution in [-0.2, 0) is 4.79 Å². The summed E-state index contributed by atoms with van der Waals surface area (Å²) in [5, 5.41) is 0. The van der Waals surface area contributed by atoms with E-state index in [-0.39, 0.29) is 0 Å². The lowest BCUT2D eigenvalue weighted by Crippen LogP contribution is -2.19. The van der Waals surface area contributed by atoms with Crippen LogP contribution in [0, 0.1) is 5.41 Å². The molecule has 0 aromatic rings. The summed E-state index contributed by atoms with van der Waals surface area (Å²) in [7, 11) is 0. The maximum absolute atomic E-state index is 10.9. The third kappa shape index (κ3) is 5.70. The van der Waals surface area contributed by atoms with Crippen molar-refractivity contribution in [2.75, 3.05) is 0 Å². The zero-order chi connectivity index (χ0) is 18.3. The van der Waals surface area contributed by atoms with Gasteiger partial charge in [-0.15, -0.1) is 0 Å². The Labute approximate surface area is 154 Å². The van der Waals surface area contributed by atoms with Crippen molar-refractivity contribution in [2.45, 2.75) is 79.1 Å². The number of hydrogen-bond acceptors (Lipinski definition) is 1. The van der Waals surface area contributed by atoms with Gasteiger partial charge in [-0.3, -0.25) is 4.79 Å². The molecule has 2 rings (SSSR count). The summed E-state index contributed by atoms with van der Waals surface area (Å²) < 4.78 is 0. The van der Waals surface area contributed by atoms with Crippen LogP contribution < -0.4 is 0 Å². The molecule has 0 aliphatic heterocycles. The fourth-order valence-electron chi connectivity index (χ4n) is 4.10. The Morgan fingerprint density at radius 3 is 2.28 bits per heavy atom. The average molecular weight is 339 g/mol. The molecule has 0 amide bonds. The highest BCUT2D eigenvalue weighted by Gasteiger charge is 2.26. The molecule has 0 heterocycles. The Hall–Kier alpha value is -1.63. The van der Waals surface area contributed by atoms with Gasteiger partial charge in [-0.2, -0.15) is 0 Å². The van der Waals surface area contributed by atoms with Gasteiger partial charge < -0.3 is 0 Å². The highest BCUT2D eigenvalue weighted by atomic mass is 16.1. The number of aldehydes is 1. The molecule has 1 nitrogen and oxygen atoms in total. The van der Waals surface area contributed by atoms with Crippen LogP contribution in [0.1, 0.15) is 79.1 Å². The number of carbonyl (C=O) groups is 1. The maximum Gasteiger partial charge on any atom is 0.143 e. The standard InChI is InChI=1S/C24H34O/c1-19(13-15-23-20(2)9-8-17-24(23,3)4)12-14-21-10-6-5-7-11-22(21)16-18-25/h12-16,18H,5-11,17H2,1-4H3/b15-13+,19-12+,21-14-,22-16-. The SMILES string of the molecule is CC1=C(/C=C/C(C)=C/C=C2/CCCCC/C2=C/C=O)C(C)(C)CCC1. The first-order chi connectivity index (χ1) is 11.9. The lowest BCUT2D eigenvalue weighted by atomic mass is 9.72. The highest BCUT2D eigenvalue weighted by Crippen LogP contribution is 2.40. The minimum atomic E-state index is 0.290. The van der Waals surface area contributed by atoms with Crippen molar-refractivity contribution in [2.24, 2.45) is 5.41 Å². The van der Waals surface area contributed by atoms with Crippen LogP contribution in [-0.4, -0.2) is 6.29 Å². The van der Waals surface area contributed by atoms with E-state index in [1.165, 1.54) is 60.8 Å². The Kier molecular flexibility index (Phi) is 7.23. The summed E-state index contributed by atoms with van der Waals surface area (Å²) in [5.41, 5.74) is 7.18. The van der Waals surface area contributed by atoms with Crippen LogP contribution in [0.15, 0.2) is 58.2 Å². The first-order valence-corrected chi connectivity index (χ1v) is 9.84. The zero-order valence-electron chi connectivity index (χ0n) is 16.5. The molecule has 0 aromatic carbocycles. The Bertz CT molecular complexity index is 635. The van der Waals surface area contributed by atoms with Gasteiger partial charge in [-0.05, 0) is 87.0 Å². The first kappa shape index (κ1) is 19.7. The molecule has 2 aliphatic rings. The number of allylic oxidation sites excluding steroid dienone is 10. The van der Waals surface area contributed by atoms with Crippen molar-refractivity contribution in [1.29, 1.82) is 0 Å². The van der Waals surface area contributed by atoms with Gasteiger partial charge in [0.2, 0.25) is 0 Å². The van der Waals surface area contributed by atoms with Gasteiger partial charge in [0.15, 0.2) is 0 Å². The van der Waals surface area contributed by atoms with E-state index < -0.39 is 0 Å². The van der Waals surface area contributed by atoms with Crippen LogP contribution in [0.25, 0.3) is 0 Å². The van der Waals surface area contributed by atoms with Crippen LogP contribution in [0.4, 0.5) is 0 Å². The molecule has 0 saturated heterocycles. The molecule has 0 spiro atoms. The van der Waals surface area contributed by atoms with Gasteiger partial charge in [-0.1, -0.05) is 55.7 Å². The molecule has 0 N–H and O–H groups in total. The van der Waals surface area contributed by atoms with E-state index in [0.717, 1.165) is 19.1 Å². The molecule has 0 aromatic heterocycles. The second-order valence-corrected chi connectivity index (χ2v) is 8.26. The van der Waals surface area contributed by atoms with E-state index in [9.17, 15) is 4.79 Å². The van der Waals surface area contributed by atoms with Gasteiger partial charge in [0, 0.05) is 0 Å². The number of rotatable bonds is 4. The van der Waals surface area contributed by atoms with Crippen molar-refractivity contribution in [3.05, 3.63) is 58.2 Å². The molecule has 136 valence electrons. The summed E-state index contributed by atoms with van der Waals surface area (Å²) in [6, 6.07) is 0. The molecule has 25 heavy (non-hydrogen) atoms. The third-order valence-electron chi connectivity index (χ3n) is 5.68. The van der Waals surface area contributed by atoms with E-state index in [0.29, 0.717) is 5.41 Å². The summed E-state index contributed by atoms with van der Waals surface area (Å²) in [5.74, 6) is 0. The van der Waals surface area contributed by atoms with Gasteiger partial charge in [0.25, 0.3) is 0 Å².